The highest BCUT2D eigenvalue weighted by Gasteiger charge is 2.15. The molecule has 1 aromatic rings. The summed E-state index contributed by atoms with van der Waals surface area (Å²) >= 11 is 3.38. The Kier molecular flexibility index (Phi) is 4.56. The predicted octanol–water partition coefficient (Wildman–Crippen LogP) is 1.91. The SMILES string of the molecule is CC(C)n1cc(Br)cc1C(=O)N[C@H](C)CN. The van der Waals surface area contributed by atoms with Crippen LogP contribution in [0.25, 0.3) is 0 Å². The van der Waals surface area contributed by atoms with Crippen molar-refractivity contribution in [1.29, 1.82) is 0 Å². The van der Waals surface area contributed by atoms with Crippen molar-refractivity contribution in [3.05, 3.63) is 22.4 Å². The van der Waals surface area contributed by atoms with E-state index in [2.05, 4.69) is 21.2 Å². The molecule has 1 amide bonds. The lowest BCUT2D eigenvalue weighted by atomic mass is 10.3. The second-order valence-electron chi connectivity index (χ2n) is 4.15. The minimum atomic E-state index is -0.0858. The summed E-state index contributed by atoms with van der Waals surface area (Å²) in [6, 6.07) is 2.06. The first-order valence-electron chi connectivity index (χ1n) is 5.34. The van der Waals surface area contributed by atoms with E-state index in [1.165, 1.54) is 0 Å². The first-order chi connectivity index (χ1) is 7.45. The molecule has 0 aliphatic heterocycles. The maximum atomic E-state index is 11.9. The molecule has 5 heteroatoms. The van der Waals surface area contributed by atoms with Crippen molar-refractivity contribution >= 4 is 21.8 Å². The first-order valence-corrected chi connectivity index (χ1v) is 6.13. The fourth-order valence-electron chi connectivity index (χ4n) is 1.41. The molecule has 3 N–H and O–H groups in total. The summed E-state index contributed by atoms with van der Waals surface area (Å²) in [5.41, 5.74) is 6.13. The van der Waals surface area contributed by atoms with Gasteiger partial charge in [0.15, 0.2) is 0 Å². The number of carbonyl (C=O) groups is 1. The summed E-state index contributed by atoms with van der Waals surface area (Å²) in [7, 11) is 0. The monoisotopic (exact) mass is 287 g/mol. The lowest BCUT2D eigenvalue weighted by molar-refractivity contribution is 0.0930. The fourth-order valence-corrected chi connectivity index (χ4v) is 1.85. The molecule has 0 aliphatic carbocycles. The summed E-state index contributed by atoms with van der Waals surface area (Å²) in [5, 5.41) is 2.85. The molecule has 0 bridgehead atoms. The maximum Gasteiger partial charge on any atom is 0.268 e. The van der Waals surface area contributed by atoms with Crippen molar-refractivity contribution in [3.8, 4) is 0 Å². The third kappa shape index (κ3) is 3.09. The Morgan fingerprint density at radius 3 is 2.69 bits per heavy atom. The Hall–Kier alpha value is -0.810. The smallest absolute Gasteiger partial charge is 0.268 e. The Morgan fingerprint density at radius 1 is 1.56 bits per heavy atom. The summed E-state index contributed by atoms with van der Waals surface area (Å²) < 4.78 is 2.84. The molecule has 1 rings (SSSR count). The first kappa shape index (κ1) is 13.3. The van der Waals surface area contributed by atoms with Crippen LogP contribution in [-0.4, -0.2) is 23.1 Å². The molecule has 0 spiro atoms. The molecule has 0 aliphatic rings. The van der Waals surface area contributed by atoms with Crippen molar-refractivity contribution in [1.82, 2.24) is 9.88 Å². The van der Waals surface area contributed by atoms with Crippen molar-refractivity contribution in [2.45, 2.75) is 32.9 Å². The molecule has 1 aromatic heterocycles. The highest BCUT2D eigenvalue weighted by atomic mass is 79.9. The number of nitrogens with zero attached hydrogens (tertiary/aromatic N) is 1. The number of halogens is 1. The van der Waals surface area contributed by atoms with E-state index in [4.69, 9.17) is 5.73 Å². The van der Waals surface area contributed by atoms with E-state index in [0.29, 0.717) is 12.2 Å². The van der Waals surface area contributed by atoms with Crippen LogP contribution in [0.4, 0.5) is 0 Å². The van der Waals surface area contributed by atoms with Gasteiger partial charge in [-0.2, -0.15) is 0 Å². The molecule has 90 valence electrons. The van der Waals surface area contributed by atoms with E-state index in [1.807, 2.05) is 37.6 Å². The number of hydrogen-bond donors (Lipinski definition) is 2. The molecular weight excluding hydrogens is 270 g/mol. The van der Waals surface area contributed by atoms with Crippen molar-refractivity contribution < 1.29 is 4.79 Å². The number of rotatable bonds is 4. The van der Waals surface area contributed by atoms with Gasteiger partial charge in [-0.1, -0.05) is 0 Å². The Bertz CT molecular complexity index is 373. The number of hydrogen-bond acceptors (Lipinski definition) is 2. The molecule has 0 saturated carbocycles. The van der Waals surface area contributed by atoms with Crippen LogP contribution in [0.15, 0.2) is 16.7 Å². The average Bonchev–Trinajstić information content (AvgIpc) is 2.60. The molecule has 1 atom stereocenters. The van der Waals surface area contributed by atoms with E-state index in [0.717, 1.165) is 4.47 Å². The molecule has 0 radical (unpaired) electrons. The fraction of sp³-hybridized carbons (Fsp3) is 0.545. The standard InChI is InChI=1S/C11H18BrN3O/c1-7(2)15-6-9(12)4-10(15)11(16)14-8(3)5-13/h4,6-8H,5,13H2,1-3H3,(H,14,16)/t8-/m1/s1. The second-order valence-corrected chi connectivity index (χ2v) is 5.07. The van der Waals surface area contributed by atoms with Crippen molar-refractivity contribution in [2.24, 2.45) is 5.73 Å². The topological polar surface area (TPSA) is 60.0 Å². The van der Waals surface area contributed by atoms with Crippen LogP contribution in [0.5, 0.6) is 0 Å². The van der Waals surface area contributed by atoms with Crippen LogP contribution >= 0.6 is 15.9 Å². The van der Waals surface area contributed by atoms with Gasteiger partial charge in [-0.05, 0) is 42.8 Å². The quantitative estimate of drug-likeness (QED) is 0.889. The molecular formula is C11H18BrN3O. The van der Waals surface area contributed by atoms with E-state index >= 15 is 0 Å². The largest absolute Gasteiger partial charge is 0.347 e. The van der Waals surface area contributed by atoms with Crippen LogP contribution in [-0.2, 0) is 0 Å². The van der Waals surface area contributed by atoms with Gasteiger partial charge in [-0.25, -0.2) is 0 Å². The zero-order valence-electron chi connectivity index (χ0n) is 9.83. The summed E-state index contributed by atoms with van der Waals surface area (Å²) in [6.07, 6.45) is 1.91. The van der Waals surface area contributed by atoms with Crippen molar-refractivity contribution in [2.75, 3.05) is 6.54 Å². The number of aromatic nitrogens is 1. The zero-order valence-corrected chi connectivity index (χ0v) is 11.4. The Morgan fingerprint density at radius 2 is 2.19 bits per heavy atom. The minimum absolute atomic E-state index is 0.0122. The summed E-state index contributed by atoms with van der Waals surface area (Å²) in [4.78, 5) is 11.9. The Labute approximate surface area is 104 Å². The number of nitrogens with one attached hydrogen (secondary N) is 1. The van der Waals surface area contributed by atoms with E-state index < -0.39 is 0 Å². The van der Waals surface area contributed by atoms with Crippen LogP contribution in [0.2, 0.25) is 0 Å². The van der Waals surface area contributed by atoms with E-state index in [9.17, 15) is 4.79 Å². The second kappa shape index (κ2) is 5.50. The summed E-state index contributed by atoms with van der Waals surface area (Å²) in [5.74, 6) is -0.0858. The van der Waals surface area contributed by atoms with Gasteiger partial charge >= 0.3 is 0 Å². The molecule has 0 unspecified atom stereocenters. The van der Waals surface area contributed by atoms with E-state index in [-0.39, 0.29) is 18.0 Å². The third-order valence-electron chi connectivity index (χ3n) is 2.34. The minimum Gasteiger partial charge on any atom is -0.347 e. The van der Waals surface area contributed by atoms with Gasteiger partial charge in [0.05, 0.1) is 0 Å². The van der Waals surface area contributed by atoms with Gasteiger partial charge in [0.25, 0.3) is 5.91 Å². The predicted molar refractivity (Wildman–Crippen MR) is 68.5 cm³/mol. The third-order valence-corrected chi connectivity index (χ3v) is 2.77. The normalized spacial score (nSPS) is 12.9. The molecule has 4 nitrogen and oxygen atoms in total. The average molecular weight is 288 g/mol. The lowest BCUT2D eigenvalue weighted by Crippen LogP contribution is -2.38. The summed E-state index contributed by atoms with van der Waals surface area (Å²) in [6.45, 7) is 6.40. The number of amides is 1. The van der Waals surface area contributed by atoms with Gasteiger partial charge in [-0.15, -0.1) is 0 Å². The van der Waals surface area contributed by atoms with Crippen LogP contribution in [0, 0.1) is 0 Å². The van der Waals surface area contributed by atoms with Gasteiger partial charge < -0.3 is 15.6 Å². The van der Waals surface area contributed by atoms with Crippen LogP contribution < -0.4 is 11.1 Å². The van der Waals surface area contributed by atoms with Crippen molar-refractivity contribution in [3.63, 3.8) is 0 Å². The zero-order chi connectivity index (χ0) is 12.3. The van der Waals surface area contributed by atoms with Gasteiger partial charge in [0.2, 0.25) is 0 Å². The van der Waals surface area contributed by atoms with Crippen LogP contribution in [0.1, 0.15) is 37.3 Å². The van der Waals surface area contributed by atoms with Crippen LogP contribution in [0.3, 0.4) is 0 Å². The molecule has 0 fully saturated rings. The highest BCUT2D eigenvalue weighted by Crippen LogP contribution is 2.19. The Balaban J connectivity index is 2.90. The van der Waals surface area contributed by atoms with Gasteiger partial charge in [0, 0.05) is 29.3 Å². The number of carbonyl (C=O) groups excluding carboxylic acids is 1. The number of nitrogens with two attached hydrogens (primary N) is 1. The highest BCUT2D eigenvalue weighted by molar-refractivity contribution is 9.10. The maximum absolute atomic E-state index is 11.9. The van der Waals surface area contributed by atoms with Gasteiger partial charge in [0.1, 0.15) is 5.69 Å². The molecule has 0 saturated heterocycles. The molecule has 1 heterocycles. The molecule has 0 aromatic carbocycles. The van der Waals surface area contributed by atoms with E-state index in [1.54, 1.807) is 0 Å². The van der Waals surface area contributed by atoms with Gasteiger partial charge in [-0.3, -0.25) is 4.79 Å². The molecule has 16 heavy (non-hydrogen) atoms. The lowest BCUT2D eigenvalue weighted by Gasteiger charge is -2.15.